The van der Waals surface area contributed by atoms with E-state index in [0.29, 0.717) is 0 Å². The first-order valence-electron chi connectivity index (χ1n) is 20.5. The minimum Gasteiger partial charge on any atom is -0.660 e. The van der Waals surface area contributed by atoms with Gasteiger partial charge in [0.05, 0.1) is 0 Å². The van der Waals surface area contributed by atoms with Gasteiger partial charge >= 0.3 is 52.4 Å². The summed E-state index contributed by atoms with van der Waals surface area (Å²) in [4.78, 5) is 13.1. The Labute approximate surface area is 389 Å². The molecule has 325 valence electrons. The Bertz CT molecular complexity index is 739. The fraction of sp³-hybridized carbons (Fsp3) is 0.894. The van der Waals surface area contributed by atoms with Gasteiger partial charge in [0.1, 0.15) is 0 Å². The van der Waals surface area contributed by atoms with Gasteiger partial charge in [0.2, 0.25) is 0 Å². The Morgan fingerprint density at radius 1 is 0.426 bits per heavy atom. The summed E-state index contributed by atoms with van der Waals surface area (Å²) in [6.07, 6.45) is 8.09. The molecule has 0 aromatic carbocycles. The third-order valence-electron chi connectivity index (χ3n) is 12.6. The van der Waals surface area contributed by atoms with Crippen LogP contribution in [0.4, 0.5) is 0 Å². The molecule has 8 unspecified atom stereocenters. The van der Waals surface area contributed by atoms with Crippen molar-refractivity contribution in [3.05, 3.63) is 47.1 Å². The van der Waals surface area contributed by atoms with Gasteiger partial charge in [0.25, 0.3) is 0 Å². The van der Waals surface area contributed by atoms with Crippen LogP contribution in [0.3, 0.4) is 0 Å². The van der Waals surface area contributed by atoms with E-state index >= 15 is 0 Å². The number of hydrogen-bond acceptors (Lipinski definition) is 1. The predicted molar refractivity (Wildman–Crippen MR) is 255 cm³/mol. The summed E-state index contributed by atoms with van der Waals surface area (Å²) >= 11 is 0. The zero-order valence-corrected chi connectivity index (χ0v) is 49.4. The topological polar surface area (TPSA) is 31.4 Å². The summed E-state index contributed by atoms with van der Waals surface area (Å²) in [5.41, 5.74) is 1.97. The number of hydrogen-bond donors (Lipinski definition) is 0. The standard InChI is InChI=1S/2C15H32NSi.C12H27N.5CH3.2Zr/c2*1-10-11(2)13(4)14(12(10)3)17(8,9)16-15(5,6)7;1-4-7-10-13(11-8-5-2)12-9-6-3;;;;;;;/h2*10-14H,1-9H3;4-12H2,1-3H3;5*1H3;;/q2*-1;;5*-1;+3;+4. The second-order valence-electron chi connectivity index (χ2n) is 19.7. The molecule has 0 aromatic heterocycles. The maximum Gasteiger partial charge on any atom is 4.00 e. The molecule has 0 bridgehead atoms. The van der Waals surface area contributed by atoms with Gasteiger partial charge in [-0.1, -0.05) is 191 Å². The number of rotatable bonds is 13. The first-order valence-corrected chi connectivity index (χ1v) is 26.5. The Morgan fingerprint density at radius 2 is 0.611 bits per heavy atom. The van der Waals surface area contributed by atoms with Crippen LogP contribution in [-0.4, -0.2) is 52.1 Å². The zero-order chi connectivity index (χ0) is 37.1. The molecule has 2 saturated carbocycles. The summed E-state index contributed by atoms with van der Waals surface area (Å²) in [6.45, 7) is 53.8. The van der Waals surface area contributed by atoms with Crippen molar-refractivity contribution in [3.63, 3.8) is 0 Å². The average Bonchev–Trinajstić information content (AvgIpc) is 3.24. The van der Waals surface area contributed by atoms with Crippen LogP contribution in [0.2, 0.25) is 37.3 Å². The molecule has 7 heteroatoms. The fourth-order valence-corrected chi connectivity index (χ4v) is 20.2. The molecule has 2 aliphatic carbocycles. The molecule has 8 atom stereocenters. The van der Waals surface area contributed by atoms with E-state index in [2.05, 4.69) is 149 Å². The maximum atomic E-state index is 5.23. The van der Waals surface area contributed by atoms with Gasteiger partial charge in [0.15, 0.2) is 0 Å². The Kier molecular flexibility index (Phi) is 44.7. The van der Waals surface area contributed by atoms with E-state index in [1.54, 1.807) is 0 Å². The van der Waals surface area contributed by atoms with Crippen molar-refractivity contribution in [2.75, 3.05) is 19.6 Å². The van der Waals surface area contributed by atoms with E-state index in [1.165, 1.54) is 58.2 Å². The van der Waals surface area contributed by atoms with Crippen LogP contribution < -0.4 is 0 Å². The SMILES string of the molecule is CC1C(C)C(C)C([Si](C)(C)[N-]C(C)(C)C)C1C.CC1C(C)C(C)C([Si](C)(C)[N-]C(C)(C)C)C1C.CCCCN(CCCC)CCCC.[CH3-].[CH3-].[CH3-].[CH3-].[CH3-].[Zr+3].[Zr+4]. The van der Waals surface area contributed by atoms with Gasteiger partial charge in [-0.3, -0.25) is 0 Å². The van der Waals surface area contributed by atoms with Gasteiger partial charge < -0.3 is 52.0 Å². The molecule has 54 heavy (non-hydrogen) atoms. The summed E-state index contributed by atoms with van der Waals surface area (Å²) in [7, 11) is -2.98. The van der Waals surface area contributed by atoms with Gasteiger partial charge in [-0.25, -0.2) is 0 Å². The molecule has 3 nitrogen and oxygen atoms in total. The Morgan fingerprint density at radius 3 is 0.759 bits per heavy atom. The van der Waals surface area contributed by atoms with E-state index in [9.17, 15) is 0 Å². The predicted octanol–water partition coefficient (Wildman–Crippen LogP) is 16.5. The van der Waals surface area contributed by atoms with Crippen molar-refractivity contribution < 1.29 is 52.4 Å². The smallest absolute Gasteiger partial charge is 0.660 e. The van der Waals surface area contributed by atoms with E-state index in [1.807, 2.05) is 0 Å². The molecular weight excluding hydrogens is 845 g/mol. The molecule has 0 N–H and O–H groups in total. The van der Waals surface area contributed by atoms with Crippen LogP contribution in [-0.2, 0) is 52.4 Å². The summed E-state index contributed by atoms with van der Waals surface area (Å²) in [5, 5.41) is 0. The van der Waals surface area contributed by atoms with Crippen molar-refractivity contribution in [3.8, 4) is 0 Å². The van der Waals surface area contributed by atoms with Gasteiger partial charge in [-0.05, 0) is 86.2 Å². The molecule has 0 saturated heterocycles. The monoisotopic (exact) mass is 949 g/mol. The maximum absolute atomic E-state index is 5.23. The third-order valence-corrected chi connectivity index (χ3v) is 20.5. The quantitative estimate of drug-likeness (QED) is 0.134. The molecule has 2 rings (SSSR count). The molecule has 0 aliphatic heterocycles. The van der Waals surface area contributed by atoms with Gasteiger partial charge in [-0.2, -0.15) is 0 Å². The Hall–Kier alpha value is 2.08. The van der Waals surface area contributed by atoms with Crippen LogP contribution in [0.5, 0.6) is 0 Å². The van der Waals surface area contributed by atoms with Crippen LogP contribution in [0.25, 0.3) is 9.96 Å². The summed E-state index contributed by atoms with van der Waals surface area (Å²) < 4.78 is 0. The van der Waals surface area contributed by atoms with E-state index in [0.717, 1.165) is 58.4 Å². The minimum atomic E-state index is -1.49. The first kappa shape index (κ1) is 73.6. The molecular formula is C47H106N3Si2Zr2. The molecule has 1 radical (unpaired) electrons. The molecule has 2 fully saturated rings. The summed E-state index contributed by atoms with van der Waals surface area (Å²) in [6, 6.07) is 0. The summed E-state index contributed by atoms with van der Waals surface area (Å²) in [5.74, 6) is 6.80. The Balaban J connectivity index is -0.0000000929. The van der Waals surface area contributed by atoms with Crippen molar-refractivity contribution >= 4 is 16.5 Å². The fourth-order valence-electron chi connectivity index (χ4n) is 10.1. The minimum absolute atomic E-state index is 0. The second-order valence-corrected chi connectivity index (χ2v) is 28.1. The normalized spacial score (nSPS) is 27.7. The van der Waals surface area contributed by atoms with Crippen molar-refractivity contribution in [2.24, 2.45) is 47.3 Å². The van der Waals surface area contributed by atoms with Crippen LogP contribution in [0.15, 0.2) is 0 Å². The third kappa shape index (κ3) is 25.0. The number of unbranched alkanes of at least 4 members (excludes halogenated alkanes) is 3. The van der Waals surface area contributed by atoms with Crippen molar-refractivity contribution in [1.82, 2.24) is 4.90 Å². The van der Waals surface area contributed by atoms with Crippen molar-refractivity contribution in [2.45, 2.75) is 205 Å². The van der Waals surface area contributed by atoms with Crippen molar-refractivity contribution in [1.29, 1.82) is 0 Å². The van der Waals surface area contributed by atoms with E-state index in [4.69, 9.17) is 9.96 Å². The molecule has 0 heterocycles. The van der Waals surface area contributed by atoms with E-state index < -0.39 is 16.5 Å². The van der Waals surface area contributed by atoms with Gasteiger partial charge in [0, 0.05) is 0 Å². The second kappa shape index (κ2) is 32.8. The largest absolute Gasteiger partial charge is 4.00 e. The molecule has 0 spiro atoms. The average molecular weight is 952 g/mol. The van der Waals surface area contributed by atoms with Gasteiger partial charge in [-0.15, -0.1) is 11.1 Å². The zero-order valence-electron chi connectivity index (χ0n) is 42.5. The molecule has 2 aliphatic rings. The number of nitrogens with zero attached hydrogens (tertiary/aromatic N) is 3. The van der Waals surface area contributed by atoms with Crippen LogP contribution in [0, 0.1) is 84.5 Å². The van der Waals surface area contributed by atoms with E-state index in [-0.39, 0.29) is 101 Å². The molecule has 0 amide bonds. The van der Waals surface area contributed by atoms with Crippen LogP contribution >= 0.6 is 0 Å². The molecule has 0 aromatic rings. The van der Waals surface area contributed by atoms with Crippen LogP contribution in [0.1, 0.15) is 156 Å². The first-order chi connectivity index (χ1) is 21.3.